The van der Waals surface area contributed by atoms with E-state index in [1.54, 1.807) is 0 Å². The van der Waals surface area contributed by atoms with Gasteiger partial charge in [-0.2, -0.15) is 0 Å². The van der Waals surface area contributed by atoms with Crippen molar-refractivity contribution in [3.63, 3.8) is 0 Å². The summed E-state index contributed by atoms with van der Waals surface area (Å²) in [4.78, 5) is 2.55. The van der Waals surface area contributed by atoms with Crippen LogP contribution in [0.1, 0.15) is 45.1 Å². The number of benzene rings is 1. The highest BCUT2D eigenvalue weighted by Crippen LogP contribution is 2.21. The van der Waals surface area contributed by atoms with Crippen molar-refractivity contribution in [1.29, 1.82) is 0 Å². The minimum absolute atomic E-state index is 0.812. The molecule has 2 nitrogen and oxygen atoms in total. The van der Waals surface area contributed by atoms with E-state index in [9.17, 15) is 0 Å². The summed E-state index contributed by atoms with van der Waals surface area (Å²) in [5.41, 5.74) is 7.97. The second kappa shape index (κ2) is 8.54. The molecule has 1 aromatic carbocycles. The maximum absolute atomic E-state index is 5.82. The minimum Gasteiger partial charge on any atom is -0.398 e. The van der Waals surface area contributed by atoms with Crippen molar-refractivity contribution in [2.24, 2.45) is 0 Å². The lowest BCUT2D eigenvalue weighted by atomic mass is 10.1. The predicted molar refractivity (Wildman–Crippen MR) is 83.6 cm³/mol. The van der Waals surface area contributed by atoms with Crippen LogP contribution >= 0.6 is 15.9 Å². The van der Waals surface area contributed by atoms with Gasteiger partial charge in [-0.15, -0.1) is 0 Å². The molecule has 0 aliphatic rings. The molecule has 0 heterocycles. The largest absolute Gasteiger partial charge is 0.398 e. The molecule has 0 amide bonds. The van der Waals surface area contributed by atoms with E-state index in [0.29, 0.717) is 0 Å². The van der Waals surface area contributed by atoms with Crippen molar-refractivity contribution < 1.29 is 0 Å². The fourth-order valence-electron chi connectivity index (χ4n) is 1.96. The van der Waals surface area contributed by atoms with Crippen LogP contribution in [0.4, 0.5) is 5.69 Å². The Balaban J connectivity index is 2.59. The van der Waals surface area contributed by atoms with Gasteiger partial charge in [-0.1, -0.05) is 32.8 Å². The van der Waals surface area contributed by atoms with E-state index in [-0.39, 0.29) is 0 Å². The highest BCUT2D eigenvalue weighted by Gasteiger charge is 2.06. The highest BCUT2D eigenvalue weighted by atomic mass is 79.9. The Hall–Kier alpha value is -0.540. The molecule has 3 heteroatoms. The number of unbranched alkanes of at least 4 members (excludes halogenated alkanes) is 2. The fraction of sp³-hybridized carbons (Fsp3) is 0.600. The number of nitrogen functional groups attached to an aromatic ring is 1. The first-order valence-corrected chi connectivity index (χ1v) is 7.73. The van der Waals surface area contributed by atoms with Crippen molar-refractivity contribution in [1.82, 2.24) is 4.90 Å². The maximum Gasteiger partial charge on any atom is 0.0458 e. The number of anilines is 1. The zero-order chi connectivity index (χ0) is 13.4. The monoisotopic (exact) mass is 312 g/mol. The Morgan fingerprint density at radius 1 is 1.11 bits per heavy atom. The lowest BCUT2D eigenvalue weighted by Crippen LogP contribution is -2.25. The zero-order valence-corrected chi connectivity index (χ0v) is 13.2. The van der Waals surface area contributed by atoms with E-state index < -0.39 is 0 Å². The van der Waals surface area contributed by atoms with E-state index in [2.05, 4.69) is 46.8 Å². The number of nitrogens with zero attached hydrogens (tertiary/aromatic N) is 1. The minimum atomic E-state index is 0.812. The summed E-state index contributed by atoms with van der Waals surface area (Å²) in [5, 5.41) is 0. The van der Waals surface area contributed by atoms with Gasteiger partial charge in [-0.25, -0.2) is 0 Å². The van der Waals surface area contributed by atoms with Crippen molar-refractivity contribution >= 4 is 21.6 Å². The Kier molecular flexibility index (Phi) is 7.36. The quantitative estimate of drug-likeness (QED) is 0.719. The van der Waals surface area contributed by atoms with Crippen molar-refractivity contribution in [3.8, 4) is 0 Å². The van der Waals surface area contributed by atoms with Crippen LogP contribution in [0, 0.1) is 0 Å². The molecule has 0 atom stereocenters. The van der Waals surface area contributed by atoms with Crippen LogP contribution in [0.15, 0.2) is 22.7 Å². The Morgan fingerprint density at radius 2 is 1.72 bits per heavy atom. The van der Waals surface area contributed by atoms with Gasteiger partial charge in [-0.3, -0.25) is 4.90 Å². The third kappa shape index (κ3) is 5.40. The molecule has 0 aliphatic carbocycles. The molecule has 1 rings (SSSR count). The summed E-state index contributed by atoms with van der Waals surface area (Å²) in [7, 11) is 0. The van der Waals surface area contributed by atoms with Crippen LogP contribution < -0.4 is 5.73 Å². The van der Waals surface area contributed by atoms with E-state index in [1.165, 1.54) is 44.3 Å². The molecule has 0 aliphatic heterocycles. The number of nitrogens with two attached hydrogens (primary N) is 1. The molecule has 0 saturated heterocycles. The molecule has 0 aromatic heterocycles. The smallest absolute Gasteiger partial charge is 0.0458 e. The van der Waals surface area contributed by atoms with Crippen LogP contribution in [0.25, 0.3) is 0 Å². The van der Waals surface area contributed by atoms with Gasteiger partial charge in [0.1, 0.15) is 0 Å². The molecule has 0 bridgehead atoms. The first-order valence-electron chi connectivity index (χ1n) is 6.93. The Morgan fingerprint density at radius 3 is 2.22 bits per heavy atom. The first-order chi connectivity index (χ1) is 8.67. The molecule has 2 N–H and O–H groups in total. The third-order valence-corrected chi connectivity index (χ3v) is 3.81. The van der Waals surface area contributed by atoms with Gasteiger partial charge >= 0.3 is 0 Å². The van der Waals surface area contributed by atoms with E-state index >= 15 is 0 Å². The molecular formula is C15H25BrN2. The van der Waals surface area contributed by atoms with E-state index in [1.807, 2.05) is 6.07 Å². The first kappa shape index (κ1) is 15.5. The standard InChI is InChI=1S/C15H25BrN2/c1-3-5-9-18(10-6-4-2)12-13-7-8-15(17)14(16)11-13/h7-8,11H,3-6,9-10,12,17H2,1-2H3. The summed E-state index contributed by atoms with van der Waals surface area (Å²) < 4.78 is 1.01. The molecule has 0 unspecified atom stereocenters. The average Bonchev–Trinajstić information content (AvgIpc) is 2.37. The van der Waals surface area contributed by atoms with Gasteiger partial charge in [-0.05, 0) is 59.6 Å². The topological polar surface area (TPSA) is 29.3 Å². The normalized spacial score (nSPS) is 11.1. The predicted octanol–water partition coefficient (Wildman–Crippen LogP) is 4.43. The molecular weight excluding hydrogens is 288 g/mol. The molecule has 0 radical (unpaired) electrons. The average molecular weight is 313 g/mol. The Labute approximate surface area is 120 Å². The van der Waals surface area contributed by atoms with Crippen LogP contribution in [0.3, 0.4) is 0 Å². The molecule has 18 heavy (non-hydrogen) atoms. The van der Waals surface area contributed by atoms with Crippen LogP contribution in [-0.4, -0.2) is 18.0 Å². The van der Waals surface area contributed by atoms with Gasteiger partial charge < -0.3 is 5.73 Å². The zero-order valence-electron chi connectivity index (χ0n) is 11.6. The van der Waals surface area contributed by atoms with Crippen molar-refractivity contribution in [2.75, 3.05) is 18.8 Å². The number of rotatable bonds is 8. The Bertz CT molecular complexity index is 344. The number of halogens is 1. The molecule has 102 valence electrons. The lowest BCUT2D eigenvalue weighted by molar-refractivity contribution is 0.257. The summed E-state index contributed by atoms with van der Waals surface area (Å²) in [6, 6.07) is 6.25. The fourth-order valence-corrected chi connectivity index (χ4v) is 2.39. The number of hydrogen-bond acceptors (Lipinski definition) is 2. The van der Waals surface area contributed by atoms with Crippen LogP contribution in [0.2, 0.25) is 0 Å². The molecule has 1 aromatic rings. The highest BCUT2D eigenvalue weighted by molar-refractivity contribution is 9.10. The number of hydrogen-bond donors (Lipinski definition) is 1. The molecule has 0 spiro atoms. The van der Waals surface area contributed by atoms with E-state index in [4.69, 9.17) is 5.73 Å². The second-order valence-corrected chi connectivity index (χ2v) is 5.69. The van der Waals surface area contributed by atoms with Crippen molar-refractivity contribution in [2.45, 2.75) is 46.1 Å². The summed E-state index contributed by atoms with van der Waals surface area (Å²) in [6.45, 7) is 7.91. The summed E-state index contributed by atoms with van der Waals surface area (Å²) in [5.74, 6) is 0. The van der Waals surface area contributed by atoms with Gasteiger partial charge in [0.2, 0.25) is 0 Å². The summed E-state index contributed by atoms with van der Waals surface area (Å²) in [6.07, 6.45) is 5.07. The van der Waals surface area contributed by atoms with E-state index in [0.717, 1.165) is 16.7 Å². The lowest BCUT2D eigenvalue weighted by Gasteiger charge is -2.22. The van der Waals surface area contributed by atoms with Gasteiger partial charge in [0.25, 0.3) is 0 Å². The van der Waals surface area contributed by atoms with Crippen LogP contribution in [0.5, 0.6) is 0 Å². The second-order valence-electron chi connectivity index (χ2n) is 4.84. The third-order valence-electron chi connectivity index (χ3n) is 3.13. The molecule has 0 fully saturated rings. The molecule has 0 saturated carbocycles. The summed E-state index contributed by atoms with van der Waals surface area (Å²) >= 11 is 3.50. The van der Waals surface area contributed by atoms with Crippen LogP contribution in [-0.2, 0) is 6.54 Å². The maximum atomic E-state index is 5.82. The SMILES string of the molecule is CCCCN(CCCC)Cc1ccc(N)c(Br)c1. The van der Waals surface area contributed by atoms with Gasteiger partial charge in [0.05, 0.1) is 0 Å². The van der Waals surface area contributed by atoms with Gasteiger partial charge in [0.15, 0.2) is 0 Å². The van der Waals surface area contributed by atoms with Gasteiger partial charge in [0, 0.05) is 16.7 Å². The van der Waals surface area contributed by atoms with Crippen molar-refractivity contribution in [3.05, 3.63) is 28.2 Å².